The lowest BCUT2D eigenvalue weighted by atomic mass is 10.2. The molecule has 9 nitrogen and oxygen atoms in total. The molecule has 3 aromatic rings. The lowest BCUT2D eigenvalue weighted by Crippen LogP contribution is -2.44. The van der Waals surface area contributed by atoms with E-state index in [1.165, 1.54) is 28.6 Å². The highest BCUT2D eigenvalue weighted by molar-refractivity contribution is 6.30. The van der Waals surface area contributed by atoms with Crippen LogP contribution >= 0.6 is 11.6 Å². The van der Waals surface area contributed by atoms with Gasteiger partial charge in [-0.1, -0.05) is 29.8 Å². The summed E-state index contributed by atoms with van der Waals surface area (Å²) in [6, 6.07) is 11.2. The van der Waals surface area contributed by atoms with Crippen molar-refractivity contribution < 1.29 is 27.8 Å². The molecule has 0 radical (unpaired) electrons. The van der Waals surface area contributed by atoms with Crippen molar-refractivity contribution in [1.29, 1.82) is 0 Å². The van der Waals surface area contributed by atoms with Gasteiger partial charge >= 0.3 is 11.9 Å². The molecule has 2 heterocycles. The van der Waals surface area contributed by atoms with E-state index in [4.69, 9.17) is 26.2 Å². The molecule has 1 unspecified atom stereocenters. The molecule has 1 aliphatic heterocycles. The van der Waals surface area contributed by atoms with Gasteiger partial charge in [0.05, 0.1) is 31.9 Å². The molecule has 0 aliphatic carbocycles. The maximum atomic E-state index is 13.5. The van der Waals surface area contributed by atoms with Crippen LogP contribution in [0.3, 0.4) is 0 Å². The molecule has 0 saturated carbocycles. The zero-order valence-corrected chi connectivity index (χ0v) is 20.4. The fourth-order valence-corrected chi connectivity index (χ4v) is 4.05. The highest BCUT2D eigenvalue weighted by atomic mass is 35.5. The van der Waals surface area contributed by atoms with E-state index >= 15 is 0 Å². The number of nitrogens with one attached hydrogen (secondary N) is 1. The number of aliphatic hydroxyl groups excluding tert-OH is 1. The third-order valence-electron chi connectivity index (χ3n) is 5.73. The van der Waals surface area contributed by atoms with Crippen LogP contribution in [0.15, 0.2) is 58.1 Å². The molecule has 198 valence electrons. The summed E-state index contributed by atoms with van der Waals surface area (Å²) in [5.74, 6) is 0.0810. The van der Waals surface area contributed by atoms with Gasteiger partial charge in [0.15, 0.2) is 0 Å². The summed E-state index contributed by atoms with van der Waals surface area (Å²) in [7, 11) is 1.46. The Bertz CT molecular complexity index is 1370. The number of nitrogens with zero attached hydrogens (tertiary/aromatic N) is 3. The van der Waals surface area contributed by atoms with E-state index in [1.54, 1.807) is 24.3 Å². The number of rotatable bonds is 9. The topological polar surface area (TPSA) is 98.0 Å². The van der Waals surface area contributed by atoms with Gasteiger partial charge in [-0.25, -0.2) is 4.79 Å². The average molecular weight is 541 g/mol. The number of fused-ring (bicyclic) bond motifs is 1. The zero-order chi connectivity index (χ0) is 26.7. The Labute approximate surface area is 214 Å². The van der Waals surface area contributed by atoms with Crippen molar-refractivity contribution in [3.05, 3.63) is 85.5 Å². The summed E-state index contributed by atoms with van der Waals surface area (Å²) in [4.78, 5) is 27.9. The SMILES string of the molecule is Cn1c2c(c(=O)n(CCOCCO)c1=O)N(Cc1ccc(Cl)cc1)C(Oc1cccc(C(F)(F)F)c1)N2. The summed E-state index contributed by atoms with van der Waals surface area (Å²) in [6.07, 6.45) is -5.67. The van der Waals surface area contributed by atoms with Crippen LogP contribution in [-0.4, -0.2) is 40.4 Å². The molecule has 0 fully saturated rings. The molecule has 1 aromatic heterocycles. The van der Waals surface area contributed by atoms with Crippen LogP contribution in [0.25, 0.3) is 0 Å². The fraction of sp³-hybridized carbons (Fsp3) is 0.333. The minimum absolute atomic E-state index is 0.0171. The van der Waals surface area contributed by atoms with Crippen LogP contribution in [0.5, 0.6) is 5.75 Å². The molecule has 0 spiro atoms. The van der Waals surface area contributed by atoms with Gasteiger partial charge < -0.3 is 24.8 Å². The number of anilines is 2. The Kier molecular flexibility index (Phi) is 7.81. The van der Waals surface area contributed by atoms with E-state index in [0.717, 1.165) is 22.3 Å². The van der Waals surface area contributed by atoms with Crippen LogP contribution in [-0.2, 0) is 31.1 Å². The minimum Gasteiger partial charge on any atom is -0.452 e. The van der Waals surface area contributed by atoms with Gasteiger partial charge in [-0.2, -0.15) is 13.2 Å². The van der Waals surface area contributed by atoms with Gasteiger partial charge in [-0.05, 0) is 35.9 Å². The van der Waals surface area contributed by atoms with Gasteiger partial charge in [0.1, 0.15) is 17.3 Å². The molecule has 1 atom stereocenters. The number of hydrogen-bond acceptors (Lipinski definition) is 7. The summed E-state index contributed by atoms with van der Waals surface area (Å²) >= 11 is 5.99. The molecule has 0 bridgehead atoms. The third-order valence-corrected chi connectivity index (χ3v) is 5.98. The first-order valence-electron chi connectivity index (χ1n) is 11.2. The molecule has 2 N–H and O–H groups in total. The number of hydrogen-bond donors (Lipinski definition) is 2. The number of aliphatic hydroxyl groups is 1. The number of aromatic nitrogens is 2. The Balaban J connectivity index is 1.74. The van der Waals surface area contributed by atoms with E-state index in [0.29, 0.717) is 5.02 Å². The van der Waals surface area contributed by atoms with Gasteiger partial charge in [-0.3, -0.25) is 13.9 Å². The normalized spacial score (nSPS) is 15.0. The fourth-order valence-electron chi connectivity index (χ4n) is 3.92. The first-order chi connectivity index (χ1) is 17.6. The van der Waals surface area contributed by atoms with Crippen LogP contribution in [0.1, 0.15) is 11.1 Å². The van der Waals surface area contributed by atoms with Gasteiger partial charge in [0, 0.05) is 18.6 Å². The van der Waals surface area contributed by atoms with Crippen molar-refractivity contribution in [2.45, 2.75) is 25.6 Å². The van der Waals surface area contributed by atoms with Crippen molar-refractivity contribution in [1.82, 2.24) is 9.13 Å². The minimum atomic E-state index is -4.57. The van der Waals surface area contributed by atoms with Crippen LogP contribution < -0.4 is 26.2 Å². The second kappa shape index (κ2) is 10.9. The lowest BCUT2D eigenvalue weighted by Gasteiger charge is -2.27. The predicted octanol–water partition coefficient (Wildman–Crippen LogP) is 3.02. The number of halogens is 4. The van der Waals surface area contributed by atoms with Crippen molar-refractivity contribution in [3.8, 4) is 5.75 Å². The zero-order valence-electron chi connectivity index (χ0n) is 19.7. The molecule has 13 heteroatoms. The molecule has 4 rings (SSSR count). The van der Waals surface area contributed by atoms with E-state index < -0.39 is 29.3 Å². The molecular formula is C24H24ClF3N4O5. The van der Waals surface area contributed by atoms with Crippen LogP contribution in [0.4, 0.5) is 24.7 Å². The number of alkyl halides is 3. The Hall–Kier alpha value is -3.48. The molecule has 0 saturated heterocycles. The van der Waals surface area contributed by atoms with Crippen LogP contribution in [0.2, 0.25) is 5.02 Å². The highest BCUT2D eigenvalue weighted by Gasteiger charge is 2.37. The van der Waals surface area contributed by atoms with Gasteiger partial charge in [0.2, 0.25) is 0 Å². The Morgan fingerprint density at radius 3 is 2.51 bits per heavy atom. The van der Waals surface area contributed by atoms with E-state index in [1.807, 2.05) is 0 Å². The van der Waals surface area contributed by atoms with Crippen molar-refractivity contribution in [3.63, 3.8) is 0 Å². The first-order valence-corrected chi connectivity index (χ1v) is 11.6. The van der Waals surface area contributed by atoms with E-state index in [9.17, 15) is 22.8 Å². The van der Waals surface area contributed by atoms with Crippen molar-refractivity contribution in [2.75, 3.05) is 30.0 Å². The number of ether oxygens (including phenoxy) is 2. The summed E-state index contributed by atoms with van der Waals surface area (Å²) in [6.45, 7) is -0.0765. The van der Waals surface area contributed by atoms with Crippen molar-refractivity contribution >= 4 is 23.1 Å². The Morgan fingerprint density at radius 2 is 1.84 bits per heavy atom. The standard InChI is InChI=1S/C24H24ClF3N4O5/c1-30-20-19(21(34)31(23(30)35)9-11-36-12-10-33)32(14-15-5-7-17(25)8-6-15)22(29-20)37-18-4-2-3-16(13-18)24(26,27)28/h2-8,13,22,29,33H,9-12,14H2,1H3. The van der Waals surface area contributed by atoms with Crippen LogP contribution in [0, 0.1) is 0 Å². The van der Waals surface area contributed by atoms with Gasteiger partial charge in [-0.15, -0.1) is 0 Å². The first kappa shape index (κ1) is 26.6. The maximum Gasteiger partial charge on any atom is 0.416 e. The smallest absolute Gasteiger partial charge is 0.416 e. The highest BCUT2D eigenvalue weighted by Crippen LogP contribution is 2.35. The molecule has 1 aliphatic rings. The lowest BCUT2D eigenvalue weighted by molar-refractivity contribution is -0.137. The number of benzene rings is 2. The maximum absolute atomic E-state index is 13.5. The quantitative estimate of drug-likeness (QED) is 0.403. The Morgan fingerprint density at radius 1 is 1.11 bits per heavy atom. The molecule has 0 amide bonds. The monoisotopic (exact) mass is 540 g/mol. The summed E-state index contributed by atoms with van der Waals surface area (Å²) in [5, 5.41) is 12.4. The second-order valence-electron chi connectivity index (χ2n) is 8.23. The van der Waals surface area contributed by atoms with Crippen molar-refractivity contribution in [2.24, 2.45) is 7.05 Å². The summed E-state index contributed by atoms with van der Waals surface area (Å²) in [5.41, 5.74) is -1.28. The van der Waals surface area contributed by atoms with E-state index in [-0.39, 0.29) is 50.2 Å². The molecule has 2 aromatic carbocycles. The predicted molar refractivity (Wildman–Crippen MR) is 131 cm³/mol. The van der Waals surface area contributed by atoms with Gasteiger partial charge in [0.25, 0.3) is 11.9 Å². The second-order valence-corrected chi connectivity index (χ2v) is 8.66. The largest absolute Gasteiger partial charge is 0.452 e. The molecule has 37 heavy (non-hydrogen) atoms. The summed E-state index contributed by atoms with van der Waals surface area (Å²) < 4.78 is 53.0. The third kappa shape index (κ3) is 5.76. The molecular weight excluding hydrogens is 517 g/mol. The average Bonchev–Trinajstić information content (AvgIpc) is 3.21. The van der Waals surface area contributed by atoms with E-state index in [2.05, 4.69) is 5.32 Å².